The number of nitro groups is 2. The van der Waals surface area contributed by atoms with Gasteiger partial charge in [-0.25, -0.2) is 0 Å². The van der Waals surface area contributed by atoms with Gasteiger partial charge in [0.1, 0.15) is 10.0 Å². The van der Waals surface area contributed by atoms with Crippen molar-refractivity contribution in [3.63, 3.8) is 0 Å². The van der Waals surface area contributed by atoms with E-state index in [2.05, 4.69) is 10.6 Å². The lowest BCUT2D eigenvalue weighted by Gasteiger charge is -2.09. The van der Waals surface area contributed by atoms with Crippen LogP contribution in [0.2, 0.25) is 10.0 Å². The van der Waals surface area contributed by atoms with Gasteiger partial charge in [-0.3, -0.25) is 29.8 Å². The molecule has 0 unspecified atom stereocenters. The normalized spacial score (nSPS) is 10.3. The third kappa shape index (κ3) is 5.17. The zero-order valence-electron chi connectivity index (χ0n) is 15.9. The topological polar surface area (TPSA) is 144 Å². The second-order valence-electron chi connectivity index (χ2n) is 6.34. The Morgan fingerprint density at radius 1 is 0.688 bits per heavy atom. The maximum absolute atomic E-state index is 12.4. The number of carbonyl (C=O) groups excluding carboxylic acids is 2. The van der Waals surface area contributed by atoms with Crippen molar-refractivity contribution < 1.29 is 19.4 Å². The molecule has 2 N–H and O–H groups in total. The first-order valence-corrected chi connectivity index (χ1v) is 9.52. The van der Waals surface area contributed by atoms with Crippen LogP contribution in [0.3, 0.4) is 0 Å². The molecule has 32 heavy (non-hydrogen) atoms. The van der Waals surface area contributed by atoms with Crippen LogP contribution < -0.4 is 10.6 Å². The highest BCUT2D eigenvalue weighted by Crippen LogP contribution is 2.27. The van der Waals surface area contributed by atoms with E-state index in [4.69, 9.17) is 23.2 Å². The summed E-state index contributed by atoms with van der Waals surface area (Å²) in [6.07, 6.45) is 0. The van der Waals surface area contributed by atoms with Crippen LogP contribution in [0.1, 0.15) is 20.7 Å². The smallest absolute Gasteiger partial charge is 0.287 e. The van der Waals surface area contributed by atoms with Crippen LogP contribution in [-0.4, -0.2) is 21.7 Å². The highest BCUT2D eigenvalue weighted by Gasteiger charge is 2.17. The van der Waals surface area contributed by atoms with E-state index >= 15 is 0 Å². The molecule has 0 fully saturated rings. The van der Waals surface area contributed by atoms with Gasteiger partial charge in [0.25, 0.3) is 23.2 Å². The quantitative estimate of drug-likeness (QED) is 0.365. The molecule has 3 aromatic rings. The van der Waals surface area contributed by atoms with Crippen LogP contribution in [0.4, 0.5) is 22.7 Å². The summed E-state index contributed by atoms with van der Waals surface area (Å²) in [6, 6.07) is 13.4. The van der Waals surface area contributed by atoms with Crippen LogP contribution in [-0.2, 0) is 0 Å². The number of carbonyl (C=O) groups is 2. The Morgan fingerprint density at radius 2 is 1.09 bits per heavy atom. The van der Waals surface area contributed by atoms with E-state index in [0.717, 1.165) is 12.1 Å². The first kappa shape index (κ1) is 22.7. The Bertz CT molecular complexity index is 1170. The fraction of sp³-hybridized carbons (Fsp3) is 0. The second kappa shape index (κ2) is 9.41. The first-order chi connectivity index (χ1) is 15.2. The van der Waals surface area contributed by atoms with Gasteiger partial charge < -0.3 is 10.6 Å². The van der Waals surface area contributed by atoms with Crippen molar-refractivity contribution in [2.45, 2.75) is 0 Å². The molecular weight excluding hydrogens is 463 g/mol. The van der Waals surface area contributed by atoms with Crippen molar-refractivity contribution in [2.24, 2.45) is 0 Å². The van der Waals surface area contributed by atoms with Gasteiger partial charge in [-0.05, 0) is 42.5 Å². The molecule has 0 saturated heterocycles. The number of anilines is 2. The third-order valence-electron chi connectivity index (χ3n) is 4.19. The van der Waals surface area contributed by atoms with Crippen LogP contribution in [0.15, 0.2) is 60.7 Å². The highest BCUT2D eigenvalue weighted by atomic mass is 35.5. The largest absolute Gasteiger partial charge is 0.322 e. The van der Waals surface area contributed by atoms with Crippen molar-refractivity contribution in [3.8, 4) is 0 Å². The number of benzene rings is 3. The second-order valence-corrected chi connectivity index (χ2v) is 7.15. The fourth-order valence-electron chi connectivity index (χ4n) is 2.67. The molecule has 12 heteroatoms. The predicted octanol–water partition coefficient (Wildman–Crippen LogP) is 5.31. The molecule has 10 nitrogen and oxygen atoms in total. The molecule has 0 spiro atoms. The van der Waals surface area contributed by atoms with E-state index in [1.54, 1.807) is 18.2 Å². The molecule has 0 aliphatic carbocycles. The maximum atomic E-state index is 12.4. The average Bonchev–Trinajstić information content (AvgIpc) is 2.73. The van der Waals surface area contributed by atoms with Gasteiger partial charge in [0.2, 0.25) is 0 Å². The Kier molecular flexibility index (Phi) is 6.67. The summed E-state index contributed by atoms with van der Waals surface area (Å²) < 4.78 is 0. The molecule has 0 radical (unpaired) electrons. The average molecular weight is 475 g/mol. The SMILES string of the molecule is O=C(Nc1cccc(NC(=O)c2ccc([N+](=O)[O-])c(Cl)c2)c1)c1ccc([N+](=O)[O-])c(Cl)c1. The maximum Gasteiger partial charge on any atom is 0.287 e. The number of halogens is 2. The highest BCUT2D eigenvalue weighted by molar-refractivity contribution is 6.33. The molecule has 0 aliphatic rings. The minimum absolute atomic E-state index is 0.107. The number of nitrogens with one attached hydrogen (secondary N) is 2. The molecule has 3 aromatic carbocycles. The van der Waals surface area contributed by atoms with E-state index in [9.17, 15) is 29.8 Å². The Morgan fingerprint density at radius 3 is 1.44 bits per heavy atom. The van der Waals surface area contributed by atoms with Crippen LogP contribution >= 0.6 is 23.2 Å². The molecule has 2 amide bonds. The summed E-state index contributed by atoms with van der Waals surface area (Å²) in [6.45, 7) is 0. The number of hydrogen-bond donors (Lipinski definition) is 2. The summed E-state index contributed by atoms with van der Waals surface area (Å²) in [5.74, 6) is -1.13. The molecule has 0 bridgehead atoms. The lowest BCUT2D eigenvalue weighted by atomic mass is 10.1. The summed E-state index contributed by atoms with van der Waals surface area (Å²) >= 11 is 11.7. The van der Waals surface area contributed by atoms with Gasteiger partial charge in [-0.2, -0.15) is 0 Å². The summed E-state index contributed by atoms with van der Waals surface area (Å²) in [4.78, 5) is 45.2. The standard InChI is InChI=1S/C20H12Cl2N4O6/c21-15-8-11(4-6-17(15)25(29)30)19(27)23-13-2-1-3-14(10-13)24-20(28)12-5-7-18(26(31)32)16(22)9-12/h1-10H,(H,23,27)(H,24,28). The molecule has 0 atom stereocenters. The number of nitrogens with zero attached hydrogens (tertiary/aromatic N) is 2. The van der Waals surface area contributed by atoms with E-state index in [0.29, 0.717) is 11.4 Å². The summed E-state index contributed by atoms with van der Waals surface area (Å²) in [7, 11) is 0. The van der Waals surface area contributed by atoms with Crippen molar-refractivity contribution in [1.82, 2.24) is 0 Å². The van der Waals surface area contributed by atoms with Gasteiger partial charge in [-0.1, -0.05) is 29.3 Å². The zero-order chi connectivity index (χ0) is 23.4. The van der Waals surface area contributed by atoms with Crippen molar-refractivity contribution in [3.05, 3.63) is 102 Å². The Balaban J connectivity index is 1.73. The van der Waals surface area contributed by atoms with Gasteiger partial charge in [-0.15, -0.1) is 0 Å². The number of amides is 2. The fourth-order valence-corrected chi connectivity index (χ4v) is 3.17. The van der Waals surface area contributed by atoms with Gasteiger partial charge in [0, 0.05) is 34.6 Å². The van der Waals surface area contributed by atoms with E-state index in [1.165, 1.54) is 30.3 Å². The van der Waals surface area contributed by atoms with E-state index in [1.807, 2.05) is 0 Å². The van der Waals surface area contributed by atoms with E-state index in [-0.39, 0.29) is 32.5 Å². The first-order valence-electron chi connectivity index (χ1n) is 8.76. The third-order valence-corrected chi connectivity index (χ3v) is 4.80. The van der Waals surface area contributed by atoms with Crippen LogP contribution in [0.25, 0.3) is 0 Å². The molecule has 3 rings (SSSR count). The lowest BCUT2D eigenvalue weighted by molar-refractivity contribution is -0.384. The van der Waals surface area contributed by atoms with E-state index < -0.39 is 21.7 Å². The Labute approximate surface area is 190 Å². The summed E-state index contributed by atoms with van der Waals surface area (Å²) in [5.41, 5.74) is 0.248. The molecule has 0 saturated carbocycles. The monoisotopic (exact) mass is 474 g/mol. The van der Waals surface area contributed by atoms with Gasteiger partial charge in [0.05, 0.1) is 9.85 Å². The number of hydrogen-bond acceptors (Lipinski definition) is 6. The molecule has 0 aromatic heterocycles. The predicted molar refractivity (Wildman–Crippen MR) is 119 cm³/mol. The summed E-state index contributed by atoms with van der Waals surface area (Å²) in [5, 5.41) is 26.5. The molecular formula is C20H12Cl2N4O6. The zero-order valence-corrected chi connectivity index (χ0v) is 17.4. The molecule has 0 heterocycles. The lowest BCUT2D eigenvalue weighted by Crippen LogP contribution is -2.14. The van der Waals surface area contributed by atoms with Gasteiger partial charge >= 0.3 is 0 Å². The minimum atomic E-state index is -0.658. The van der Waals surface area contributed by atoms with Crippen molar-refractivity contribution in [1.29, 1.82) is 0 Å². The van der Waals surface area contributed by atoms with Crippen molar-refractivity contribution >= 4 is 57.8 Å². The molecule has 0 aliphatic heterocycles. The minimum Gasteiger partial charge on any atom is -0.322 e. The van der Waals surface area contributed by atoms with Crippen LogP contribution in [0.5, 0.6) is 0 Å². The van der Waals surface area contributed by atoms with Gasteiger partial charge in [0.15, 0.2) is 0 Å². The Hall–Kier alpha value is -4.02. The number of rotatable bonds is 6. The molecule has 162 valence electrons. The van der Waals surface area contributed by atoms with Crippen molar-refractivity contribution in [2.75, 3.05) is 10.6 Å². The van der Waals surface area contributed by atoms with Crippen LogP contribution in [0, 0.1) is 20.2 Å². The number of nitro benzene ring substituents is 2.